The van der Waals surface area contributed by atoms with Gasteiger partial charge in [-0.25, -0.2) is 0 Å². The zero-order valence-corrected chi connectivity index (χ0v) is 11.8. The van der Waals surface area contributed by atoms with Crippen LogP contribution in [-0.4, -0.2) is 60.1 Å². The number of hydrogen-bond donors (Lipinski definition) is 3. The first kappa shape index (κ1) is 16.2. The van der Waals surface area contributed by atoms with E-state index in [1.54, 1.807) is 13.8 Å². The van der Waals surface area contributed by atoms with E-state index >= 15 is 0 Å². The number of nitrogens with two attached hydrogens (primary N) is 1. The SMILES string of the molecule is CCNC(=O)C1COCCN1C(=O)C(CC)C(N)=NO. The minimum Gasteiger partial charge on any atom is -0.409 e. The molecule has 2 atom stereocenters. The van der Waals surface area contributed by atoms with Gasteiger partial charge in [-0.2, -0.15) is 0 Å². The molecular weight excluding hydrogens is 264 g/mol. The maximum Gasteiger partial charge on any atom is 0.245 e. The molecule has 0 saturated carbocycles. The number of carbonyl (C=O) groups is 2. The average Bonchev–Trinajstić information content (AvgIpc) is 2.47. The van der Waals surface area contributed by atoms with Crippen LogP contribution in [0, 0.1) is 5.92 Å². The van der Waals surface area contributed by atoms with Crippen molar-refractivity contribution in [2.24, 2.45) is 16.8 Å². The summed E-state index contributed by atoms with van der Waals surface area (Å²) in [5, 5.41) is 14.3. The molecule has 0 bridgehead atoms. The second-order valence-corrected chi connectivity index (χ2v) is 4.50. The number of ether oxygens (including phenoxy) is 1. The third kappa shape index (κ3) is 3.60. The predicted molar refractivity (Wildman–Crippen MR) is 72.2 cm³/mol. The van der Waals surface area contributed by atoms with Gasteiger partial charge < -0.3 is 25.9 Å². The van der Waals surface area contributed by atoms with Crippen molar-refractivity contribution in [3.63, 3.8) is 0 Å². The maximum absolute atomic E-state index is 12.5. The third-order valence-electron chi connectivity index (χ3n) is 3.24. The van der Waals surface area contributed by atoms with Crippen LogP contribution in [0.15, 0.2) is 5.16 Å². The van der Waals surface area contributed by atoms with Gasteiger partial charge in [0.15, 0.2) is 5.84 Å². The fourth-order valence-electron chi connectivity index (χ4n) is 2.16. The molecule has 0 aliphatic carbocycles. The van der Waals surface area contributed by atoms with E-state index in [9.17, 15) is 9.59 Å². The molecular formula is C12H22N4O4. The maximum atomic E-state index is 12.5. The molecule has 0 aromatic rings. The molecule has 0 aromatic heterocycles. The van der Waals surface area contributed by atoms with E-state index in [0.29, 0.717) is 26.1 Å². The zero-order chi connectivity index (χ0) is 15.1. The van der Waals surface area contributed by atoms with Crippen molar-refractivity contribution in [2.45, 2.75) is 26.3 Å². The fraction of sp³-hybridized carbons (Fsp3) is 0.750. The van der Waals surface area contributed by atoms with Crippen LogP contribution < -0.4 is 11.1 Å². The highest BCUT2D eigenvalue weighted by atomic mass is 16.5. The van der Waals surface area contributed by atoms with Crippen molar-refractivity contribution in [3.8, 4) is 0 Å². The minimum absolute atomic E-state index is 0.140. The molecule has 0 radical (unpaired) electrons. The van der Waals surface area contributed by atoms with Crippen LogP contribution in [-0.2, 0) is 14.3 Å². The second kappa shape index (κ2) is 7.68. The number of carbonyl (C=O) groups excluding carboxylic acids is 2. The van der Waals surface area contributed by atoms with Gasteiger partial charge in [-0.15, -0.1) is 0 Å². The van der Waals surface area contributed by atoms with Crippen molar-refractivity contribution in [1.29, 1.82) is 0 Å². The normalized spacial score (nSPS) is 21.4. The van der Waals surface area contributed by atoms with Crippen LogP contribution in [0.2, 0.25) is 0 Å². The van der Waals surface area contributed by atoms with Gasteiger partial charge in [0, 0.05) is 13.1 Å². The van der Waals surface area contributed by atoms with Gasteiger partial charge in [-0.3, -0.25) is 9.59 Å². The second-order valence-electron chi connectivity index (χ2n) is 4.50. The lowest BCUT2D eigenvalue weighted by molar-refractivity contribution is -0.150. The molecule has 4 N–H and O–H groups in total. The highest BCUT2D eigenvalue weighted by molar-refractivity contribution is 6.03. The third-order valence-corrected chi connectivity index (χ3v) is 3.24. The summed E-state index contributed by atoms with van der Waals surface area (Å²) in [6.07, 6.45) is 0.397. The van der Waals surface area contributed by atoms with E-state index in [4.69, 9.17) is 15.7 Å². The van der Waals surface area contributed by atoms with Gasteiger partial charge in [0.25, 0.3) is 0 Å². The van der Waals surface area contributed by atoms with Crippen LogP contribution in [0.5, 0.6) is 0 Å². The van der Waals surface area contributed by atoms with E-state index in [-0.39, 0.29) is 24.3 Å². The number of hydrogen-bond acceptors (Lipinski definition) is 5. The lowest BCUT2D eigenvalue weighted by atomic mass is 10.0. The summed E-state index contributed by atoms with van der Waals surface area (Å²) in [6, 6.07) is -0.670. The Morgan fingerprint density at radius 1 is 1.55 bits per heavy atom. The van der Waals surface area contributed by atoms with Crippen molar-refractivity contribution < 1.29 is 19.5 Å². The number of morpholine rings is 1. The Balaban J connectivity index is 2.88. The van der Waals surface area contributed by atoms with Gasteiger partial charge in [0.1, 0.15) is 6.04 Å². The first-order chi connectivity index (χ1) is 9.56. The number of amides is 2. The Morgan fingerprint density at radius 3 is 2.80 bits per heavy atom. The Morgan fingerprint density at radius 2 is 2.25 bits per heavy atom. The zero-order valence-electron chi connectivity index (χ0n) is 11.8. The number of amidine groups is 1. The highest BCUT2D eigenvalue weighted by Gasteiger charge is 2.36. The van der Waals surface area contributed by atoms with Crippen molar-refractivity contribution >= 4 is 17.6 Å². The van der Waals surface area contributed by atoms with Crippen molar-refractivity contribution in [3.05, 3.63) is 0 Å². The number of rotatable bonds is 5. The molecule has 1 aliphatic rings. The molecule has 2 unspecified atom stereocenters. The molecule has 1 fully saturated rings. The van der Waals surface area contributed by atoms with E-state index < -0.39 is 12.0 Å². The lowest BCUT2D eigenvalue weighted by Gasteiger charge is -2.36. The fourth-order valence-corrected chi connectivity index (χ4v) is 2.16. The van der Waals surface area contributed by atoms with Crippen LogP contribution >= 0.6 is 0 Å². The Labute approximate surface area is 117 Å². The molecule has 1 saturated heterocycles. The summed E-state index contributed by atoms with van der Waals surface area (Å²) in [5.41, 5.74) is 5.54. The van der Waals surface area contributed by atoms with E-state index in [2.05, 4.69) is 10.5 Å². The molecule has 1 aliphatic heterocycles. The molecule has 0 aromatic carbocycles. The summed E-state index contributed by atoms with van der Waals surface area (Å²) < 4.78 is 5.26. The molecule has 2 amide bonds. The summed E-state index contributed by atoms with van der Waals surface area (Å²) in [4.78, 5) is 25.9. The highest BCUT2D eigenvalue weighted by Crippen LogP contribution is 2.15. The number of nitrogens with zero attached hydrogens (tertiary/aromatic N) is 2. The van der Waals surface area contributed by atoms with Gasteiger partial charge in [-0.05, 0) is 13.3 Å². The van der Waals surface area contributed by atoms with Crippen LogP contribution in [0.25, 0.3) is 0 Å². The molecule has 114 valence electrons. The van der Waals surface area contributed by atoms with E-state index in [1.807, 2.05) is 0 Å². The van der Waals surface area contributed by atoms with Crippen LogP contribution in [0.4, 0.5) is 0 Å². The van der Waals surface area contributed by atoms with Gasteiger partial charge in [0.2, 0.25) is 11.8 Å². The largest absolute Gasteiger partial charge is 0.409 e. The minimum atomic E-state index is -0.727. The van der Waals surface area contributed by atoms with Gasteiger partial charge >= 0.3 is 0 Å². The Kier molecular flexibility index (Phi) is 6.23. The smallest absolute Gasteiger partial charge is 0.245 e. The molecule has 0 spiro atoms. The van der Waals surface area contributed by atoms with Crippen LogP contribution in [0.3, 0.4) is 0 Å². The lowest BCUT2D eigenvalue weighted by Crippen LogP contribution is -2.58. The Bertz CT molecular complexity index is 386. The molecule has 8 heteroatoms. The average molecular weight is 286 g/mol. The summed E-state index contributed by atoms with van der Waals surface area (Å²) in [6.45, 7) is 4.89. The molecule has 1 heterocycles. The summed E-state index contributed by atoms with van der Waals surface area (Å²) in [5.74, 6) is -1.44. The molecule has 8 nitrogen and oxygen atoms in total. The van der Waals surface area contributed by atoms with Crippen LogP contribution in [0.1, 0.15) is 20.3 Å². The summed E-state index contributed by atoms with van der Waals surface area (Å²) >= 11 is 0. The Hall–Kier alpha value is -1.83. The number of oxime groups is 1. The predicted octanol–water partition coefficient (Wildman–Crippen LogP) is -0.877. The van der Waals surface area contributed by atoms with Crippen molar-refractivity contribution in [2.75, 3.05) is 26.3 Å². The van der Waals surface area contributed by atoms with E-state index in [1.165, 1.54) is 4.90 Å². The topological polar surface area (TPSA) is 117 Å². The van der Waals surface area contributed by atoms with Gasteiger partial charge in [-0.1, -0.05) is 12.1 Å². The molecule has 20 heavy (non-hydrogen) atoms. The quantitative estimate of drug-likeness (QED) is 0.263. The standard InChI is InChI=1S/C12H22N4O4/c1-3-8(10(13)15-19)12(18)16-5-6-20-7-9(16)11(17)14-4-2/h8-9,19H,3-7H2,1-2H3,(H2,13,15)(H,14,17). The number of likely N-dealkylation sites (N-methyl/N-ethyl adjacent to an activating group) is 1. The van der Waals surface area contributed by atoms with E-state index in [0.717, 1.165) is 0 Å². The first-order valence-corrected chi connectivity index (χ1v) is 6.70. The van der Waals surface area contributed by atoms with Gasteiger partial charge in [0.05, 0.1) is 19.1 Å². The van der Waals surface area contributed by atoms with Crippen molar-refractivity contribution in [1.82, 2.24) is 10.2 Å². The summed E-state index contributed by atoms with van der Waals surface area (Å²) in [7, 11) is 0. The monoisotopic (exact) mass is 286 g/mol. The number of nitrogens with one attached hydrogen (secondary N) is 1. The molecule has 1 rings (SSSR count). The first-order valence-electron chi connectivity index (χ1n) is 6.70.